The number of fused-ring (bicyclic) bond motifs is 2. The van der Waals surface area contributed by atoms with E-state index in [1.54, 1.807) is 0 Å². The molecule has 0 bridgehead atoms. The molecule has 1 aliphatic rings. The second kappa shape index (κ2) is 7.29. The van der Waals surface area contributed by atoms with Crippen molar-refractivity contribution in [3.05, 3.63) is 81.3 Å². The van der Waals surface area contributed by atoms with Crippen molar-refractivity contribution in [2.45, 2.75) is 25.7 Å². The van der Waals surface area contributed by atoms with E-state index in [2.05, 4.69) is 0 Å². The summed E-state index contributed by atoms with van der Waals surface area (Å²) < 4.78 is 0. The number of carbonyl (C=O) groups is 1. The second-order valence-electron chi connectivity index (χ2n) is 7.32. The molecule has 5 rings (SSSR count). The molecular weight excluding hydrogens is 400 g/mol. The first-order valence-electron chi connectivity index (χ1n) is 9.73. The van der Waals surface area contributed by atoms with Gasteiger partial charge in [-0.25, -0.2) is 4.98 Å². The Balaban J connectivity index is 1.82. The molecule has 0 aliphatic heterocycles. The summed E-state index contributed by atoms with van der Waals surface area (Å²) in [7, 11) is 0. The van der Waals surface area contributed by atoms with Crippen LogP contribution in [0, 0.1) is 0 Å². The molecule has 2 N–H and O–H groups in total. The van der Waals surface area contributed by atoms with E-state index in [9.17, 15) is 4.79 Å². The number of nitrogens with two attached hydrogens (primary N) is 1. The number of hydrogen-bond acceptors (Lipinski definition) is 4. The molecule has 0 radical (unpaired) electrons. The number of nitrogen functional groups attached to an aromatic ring is 1. The van der Waals surface area contributed by atoms with Gasteiger partial charge in [0, 0.05) is 32.8 Å². The van der Waals surface area contributed by atoms with E-state index in [4.69, 9.17) is 22.3 Å². The van der Waals surface area contributed by atoms with E-state index in [1.807, 2.05) is 54.6 Å². The molecule has 144 valence electrons. The minimum absolute atomic E-state index is 0.0609. The molecule has 0 saturated heterocycles. The SMILES string of the molecule is Nc1c(C(=O)c2ccccc2)sc2nc3c(c(-c4ccccc4Cl)c12)CCCC3. The zero-order valence-electron chi connectivity index (χ0n) is 15.7. The van der Waals surface area contributed by atoms with Crippen LogP contribution in [-0.2, 0) is 12.8 Å². The number of anilines is 1. The van der Waals surface area contributed by atoms with E-state index in [0.29, 0.717) is 21.2 Å². The van der Waals surface area contributed by atoms with Crippen molar-refractivity contribution in [2.75, 3.05) is 5.73 Å². The van der Waals surface area contributed by atoms with Crippen LogP contribution in [-0.4, -0.2) is 10.8 Å². The summed E-state index contributed by atoms with van der Waals surface area (Å²) in [5.41, 5.74) is 12.1. The Hall–Kier alpha value is -2.69. The summed E-state index contributed by atoms with van der Waals surface area (Å²) in [6, 6.07) is 17.1. The highest BCUT2D eigenvalue weighted by Crippen LogP contribution is 2.45. The number of hydrogen-bond donors (Lipinski definition) is 1. The first-order valence-corrected chi connectivity index (χ1v) is 10.9. The van der Waals surface area contributed by atoms with Crippen molar-refractivity contribution in [2.24, 2.45) is 0 Å². The second-order valence-corrected chi connectivity index (χ2v) is 8.73. The molecule has 0 spiro atoms. The fraction of sp³-hybridized carbons (Fsp3) is 0.167. The number of aryl methyl sites for hydroxylation is 1. The van der Waals surface area contributed by atoms with Gasteiger partial charge in [-0.2, -0.15) is 0 Å². The number of ketones is 1. The van der Waals surface area contributed by atoms with E-state index >= 15 is 0 Å². The predicted molar refractivity (Wildman–Crippen MR) is 121 cm³/mol. The Kier molecular flexibility index (Phi) is 4.61. The van der Waals surface area contributed by atoms with Gasteiger partial charge in [0.2, 0.25) is 5.78 Å². The molecule has 2 aromatic carbocycles. The Morgan fingerprint density at radius 3 is 2.52 bits per heavy atom. The monoisotopic (exact) mass is 418 g/mol. The Bertz CT molecular complexity index is 1250. The van der Waals surface area contributed by atoms with Crippen LogP contribution in [0.4, 0.5) is 5.69 Å². The summed E-state index contributed by atoms with van der Waals surface area (Å²) in [5.74, 6) is -0.0609. The summed E-state index contributed by atoms with van der Waals surface area (Å²) in [5, 5.41) is 1.55. The predicted octanol–water partition coefficient (Wildman–Crippen LogP) is 6.31. The third-order valence-electron chi connectivity index (χ3n) is 5.54. The van der Waals surface area contributed by atoms with Crippen LogP contribution in [0.5, 0.6) is 0 Å². The molecular formula is C24H19ClN2OS. The molecule has 2 aromatic heterocycles. The van der Waals surface area contributed by atoms with Crippen molar-refractivity contribution in [3.63, 3.8) is 0 Å². The largest absolute Gasteiger partial charge is 0.397 e. The average Bonchev–Trinajstić information content (AvgIpc) is 3.09. The normalized spacial score (nSPS) is 13.4. The summed E-state index contributed by atoms with van der Waals surface area (Å²) in [4.78, 5) is 19.4. The molecule has 29 heavy (non-hydrogen) atoms. The molecule has 4 aromatic rings. The summed E-state index contributed by atoms with van der Waals surface area (Å²) in [6.07, 6.45) is 4.15. The van der Waals surface area contributed by atoms with E-state index in [-0.39, 0.29) is 5.78 Å². The van der Waals surface area contributed by atoms with Crippen LogP contribution in [0.25, 0.3) is 21.3 Å². The number of carbonyl (C=O) groups excluding carboxylic acids is 1. The number of pyridine rings is 1. The van der Waals surface area contributed by atoms with Crippen molar-refractivity contribution < 1.29 is 4.79 Å². The maximum Gasteiger partial charge on any atom is 0.205 e. The number of thiophene rings is 1. The minimum atomic E-state index is -0.0609. The van der Waals surface area contributed by atoms with Gasteiger partial charge in [0.1, 0.15) is 9.71 Å². The molecule has 0 saturated carbocycles. The van der Waals surface area contributed by atoms with Gasteiger partial charge in [-0.3, -0.25) is 4.79 Å². The fourth-order valence-electron chi connectivity index (χ4n) is 4.16. The topological polar surface area (TPSA) is 56.0 Å². The minimum Gasteiger partial charge on any atom is -0.397 e. The van der Waals surface area contributed by atoms with Crippen LogP contribution in [0.15, 0.2) is 54.6 Å². The zero-order valence-corrected chi connectivity index (χ0v) is 17.3. The van der Waals surface area contributed by atoms with E-state index in [1.165, 1.54) is 16.9 Å². The van der Waals surface area contributed by atoms with Gasteiger partial charge in [0.25, 0.3) is 0 Å². The summed E-state index contributed by atoms with van der Waals surface area (Å²) >= 11 is 7.98. The lowest BCUT2D eigenvalue weighted by Crippen LogP contribution is -2.08. The highest BCUT2D eigenvalue weighted by atomic mass is 35.5. The van der Waals surface area contributed by atoms with Gasteiger partial charge in [0.05, 0.1) is 5.69 Å². The van der Waals surface area contributed by atoms with Crippen molar-refractivity contribution in [1.82, 2.24) is 4.98 Å². The highest BCUT2D eigenvalue weighted by molar-refractivity contribution is 7.21. The lowest BCUT2D eigenvalue weighted by molar-refractivity contribution is 0.104. The summed E-state index contributed by atoms with van der Waals surface area (Å²) in [6.45, 7) is 0. The Labute approximate surface area is 178 Å². The van der Waals surface area contributed by atoms with Crippen molar-refractivity contribution in [3.8, 4) is 11.1 Å². The van der Waals surface area contributed by atoms with Crippen LogP contribution in [0.2, 0.25) is 5.02 Å². The average molecular weight is 419 g/mol. The first-order chi connectivity index (χ1) is 14.1. The number of nitrogens with zero attached hydrogens (tertiary/aromatic N) is 1. The standard InChI is InChI=1S/C24H19ClN2OS/c25-17-12-6-4-10-15(17)19-16-11-5-7-13-18(16)27-24-20(19)21(26)23(29-24)22(28)14-8-2-1-3-9-14/h1-4,6,8-10,12H,5,7,11,13,26H2. The van der Waals surface area contributed by atoms with E-state index in [0.717, 1.165) is 52.7 Å². The molecule has 1 aliphatic carbocycles. The zero-order chi connectivity index (χ0) is 20.0. The van der Waals surface area contributed by atoms with Crippen molar-refractivity contribution in [1.29, 1.82) is 0 Å². The lowest BCUT2D eigenvalue weighted by Gasteiger charge is -2.20. The third-order valence-corrected chi connectivity index (χ3v) is 6.97. The highest BCUT2D eigenvalue weighted by Gasteiger charge is 2.26. The van der Waals surface area contributed by atoms with Crippen LogP contribution in [0.3, 0.4) is 0 Å². The number of aromatic nitrogens is 1. The fourth-order valence-corrected chi connectivity index (χ4v) is 5.47. The Morgan fingerprint density at radius 1 is 1.00 bits per heavy atom. The molecule has 0 amide bonds. The molecule has 0 atom stereocenters. The van der Waals surface area contributed by atoms with E-state index < -0.39 is 0 Å². The van der Waals surface area contributed by atoms with Crippen LogP contribution >= 0.6 is 22.9 Å². The molecule has 3 nitrogen and oxygen atoms in total. The number of halogens is 1. The van der Waals surface area contributed by atoms with Crippen LogP contribution < -0.4 is 5.73 Å². The molecule has 5 heteroatoms. The quantitative estimate of drug-likeness (QED) is 0.396. The number of rotatable bonds is 3. The molecule has 0 fully saturated rings. The molecule has 0 unspecified atom stereocenters. The molecule has 2 heterocycles. The van der Waals surface area contributed by atoms with Gasteiger partial charge in [0.15, 0.2) is 0 Å². The van der Waals surface area contributed by atoms with Crippen molar-refractivity contribution >= 4 is 44.6 Å². The van der Waals surface area contributed by atoms with Gasteiger partial charge < -0.3 is 5.73 Å². The lowest BCUT2D eigenvalue weighted by atomic mass is 9.87. The van der Waals surface area contributed by atoms with Gasteiger partial charge in [-0.1, -0.05) is 60.1 Å². The first kappa shape index (κ1) is 18.3. The number of benzene rings is 2. The maximum absolute atomic E-state index is 13.1. The Morgan fingerprint density at radius 2 is 1.72 bits per heavy atom. The smallest absolute Gasteiger partial charge is 0.205 e. The van der Waals surface area contributed by atoms with Gasteiger partial charge in [-0.15, -0.1) is 11.3 Å². The maximum atomic E-state index is 13.1. The van der Waals surface area contributed by atoms with Crippen LogP contribution in [0.1, 0.15) is 39.3 Å². The third kappa shape index (κ3) is 3.04. The van der Waals surface area contributed by atoms with Gasteiger partial charge in [-0.05, 0) is 37.3 Å². The van der Waals surface area contributed by atoms with Gasteiger partial charge >= 0.3 is 0 Å².